The number of nitrogens with zero attached hydrogens (tertiary/aromatic N) is 3. The number of carbonyl (C=O) groups is 1. The van der Waals surface area contributed by atoms with Gasteiger partial charge in [-0.05, 0) is 37.5 Å². The van der Waals surface area contributed by atoms with Gasteiger partial charge in [-0.1, -0.05) is 42.0 Å². The Kier molecular flexibility index (Phi) is 5.18. The van der Waals surface area contributed by atoms with Crippen molar-refractivity contribution in [3.8, 4) is 0 Å². The SMILES string of the molecule is Cc1cccc(CN=C2Nc3ccccc3NC23CCN(C(=O)N(C)C)CC3)c1. The van der Waals surface area contributed by atoms with Gasteiger partial charge in [0.15, 0.2) is 0 Å². The predicted octanol–water partition coefficient (Wildman–Crippen LogP) is 3.95. The topological polar surface area (TPSA) is 60.0 Å². The smallest absolute Gasteiger partial charge is 0.319 e. The number of benzene rings is 2. The summed E-state index contributed by atoms with van der Waals surface area (Å²) < 4.78 is 0. The molecule has 2 heterocycles. The summed E-state index contributed by atoms with van der Waals surface area (Å²) >= 11 is 0. The summed E-state index contributed by atoms with van der Waals surface area (Å²) in [4.78, 5) is 20.9. The van der Waals surface area contributed by atoms with Crippen LogP contribution < -0.4 is 10.6 Å². The van der Waals surface area contributed by atoms with E-state index in [2.05, 4.69) is 54.0 Å². The van der Waals surface area contributed by atoms with Gasteiger partial charge >= 0.3 is 6.03 Å². The van der Waals surface area contributed by atoms with Gasteiger partial charge in [0.05, 0.1) is 23.5 Å². The molecule has 1 fully saturated rings. The molecule has 6 nitrogen and oxygen atoms in total. The van der Waals surface area contributed by atoms with E-state index in [0.717, 1.165) is 30.1 Å². The molecule has 0 unspecified atom stereocenters. The molecular formula is C23H29N5O. The van der Waals surface area contributed by atoms with Crippen LogP contribution in [0.25, 0.3) is 0 Å². The minimum absolute atomic E-state index is 0.0715. The van der Waals surface area contributed by atoms with Crippen molar-refractivity contribution in [2.24, 2.45) is 4.99 Å². The third-order valence-corrected chi connectivity index (χ3v) is 5.78. The zero-order chi connectivity index (χ0) is 20.4. The first-order valence-corrected chi connectivity index (χ1v) is 10.2. The molecule has 2 aromatic rings. The van der Waals surface area contributed by atoms with Crippen LogP contribution >= 0.6 is 0 Å². The van der Waals surface area contributed by atoms with Gasteiger partial charge in [0, 0.05) is 27.2 Å². The Labute approximate surface area is 172 Å². The lowest BCUT2D eigenvalue weighted by molar-refractivity contribution is 0.153. The van der Waals surface area contributed by atoms with E-state index in [1.807, 2.05) is 17.0 Å². The Bertz CT molecular complexity index is 928. The second-order valence-electron chi connectivity index (χ2n) is 8.20. The highest BCUT2D eigenvalue weighted by molar-refractivity contribution is 6.09. The Morgan fingerprint density at radius 3 is 2.52 bits per heavy atom. The third-order valence-electron chi connectivity index (χ3n) is 5.78. The largest absolute Gasteiger partial charge is 0.371 e. The summed E-state index contributed by atoms with van der Waals surface area (Å²) in [7, 11) is 3.61. The average Bonchev–Trinajstić information content (AvgIpc) is 2.72. The van der Waals surface area contributed by atoms with E-state index < -0.39 is 0 Å². The molecule has 6 heteroatoms. The number of amides is 2. The van der Waals surface area contributed by atoms with Gasteiger partial charge in [-0.15, -0.1) is 0 Å². The fourth-order valence-corrected chi connectivity index (χ4v) is 4.16. The minimum Gasteiger partial charge on any atom is -0.371 e. The van der Waals surface area contributed by atoms with Gasteiger partial charge < -0.3 is 20.4 Å². The van der Waals surface area contributed by atoms with E-state index >= 15 is 0 Å². The van der Waals surface area contributed by atoms with Crippen LogP contribution in [0.2, 0.25) is 0 Å². The molecule has 0 saturated carbocycles. The van der Waals surface area contributed by atoms with Crippen LogP contribution in [0.1, 0.15) is 24.0 Å². The van der Waals surface area contributed by atoms with Crippen molar-refractivity contribution >= 4 is 23.2 Å². The van der Waals surface area contributed by atoms with E-state index in [4.69, 9.17) is 4.99 Å². The summed E-state index contributed by atoms with van der Waals surface area (Å²) in [5, 5.41) is 7.34. The number of amidine groups is 1. The van der Waals surface area contributed by atoms with Crippen molar-refractivity contribution in [2.45, 2.75) is 31.8 Å². The first-order chi connectivity index (χ1) is 14.0. The van der Waals surface area contributed by atoms with Crippen molar-refractivity contribution < 1.29 is 4.79 Å². The van der Waals surface area contributed by atoms with E-state index in [-0.39, 0.29) is 11.6 Å². The lowest BCUT2D eigenvalue weighted by atomic mass is 9.83. The Morgan fingerprint density at radius 2 is 1.83 bits per heavy atom. The van der Waals surface area contributed by atoms with E-state index in [1.54, 1.807) is 19.0 Å². The quantitative estimate of drug-likeness (QED) is 0.815. The molecule has 2 aliphatic rings. The second-order valence-corrected chi connectivity index (χ2v) is 8.20. The Balaban J connectivity index is 1.61. The summed E-state index contributed by atoms with van der Waals surface area (Å²) in [6.45, 7) is 4.15. The van der Waals surface area contributed by atoms with Gasteiger partial charge in [0.25, 0.3) is 0 Å². The number of anilines is 2. The zero-order valence-electron chi connectivity index (χ0n) is 17.4. The van der Waals surface area contributed by atoms with E-state index in [9.17, 15) is 4.79 Å². The standard InChI is InChI=1S/C23H29N5O/c1-17-7-6-8-18(15-17)16-24-21-23(26-20-10-5-4-9-19(20)25-21)11-13-28(14-12-23)22(29)27(2)3/h4-10,15,26H,11-14,16H2,1-3H3,(H,24,25). The number of hydrogen-bond acceptors (Lipinski definition) is 3. The third kappa shape index (κ3) is 3.92. The van der Waals surface area contributed by atoms with Crippen molar-refractivity contribution in [3.63, 3.8) is 0 Å². The number of para-hydroxylation sites is 2. The molecule has 1 saturated heterocycles. The van der Waals surface area contributed by atoms with E-state index in [0.29, 0.717) is 19.6 Å². The van der Waals surface area contributed by atoms with Crippen molar-refractivity contribution in [1.82, 2.24) is 9.80 Å². The molecule has 29 heavy (non-hydrogen) atoms. The van der Waals surface area contributed by atoms with Crippen molar-refractivity contribution in [1.29, 1.82) is 0 Å². The van der Waals surface area contributed by atoms with Crippen LogP contribution in [0.15, 0.2) is 53.5 Å². The molecule has 0 bridgehead atoms. The molecule has 2 aromatic carbocycles. The molecule has 0 radical (unpaired) electrons. The van der Waals surface area contributed by atoms with Crippen LogP contribution in [-0.4, -0.2) is 54.4 Å². The highest BCUT2D eigenvalue weighted by atomic mass is 16.2. The number of piperidine rings is 1. The number of hydrogen-bond donors (Lipinski definition) is 2. The Morgan fingerprint density at radius 1 is 1.10 bits per heavy atom. The molecule has 0 aliphatic carbocycles. The highest BCUT2D eigenvalue weighted by Gasteiger charge is 2.43. The fourth-order valence-electron chi connectivity index (χ4n) is 4.16. The first-order valence-electron chi connectivity index (χ1n) is 10.2. The normalized spacial score (nSPS) is 18.7. The lowest BCUT2D eigenvalue weighted by Gasteiger charge is -2.46. The summed E-state index contributed by atoms with van der Waals surface area (Å²) in [5.41, 5.74) is 4.31. The molecule has 2 amide bonds. The number of rotatable bonds is 2. The maximum absolute atomic E-state index is 12.4. The van der Waals surface area contributed by atoms with Crippen LogP contribution in [-0.2, 0) is 6.54 Å². The number of aryl methyl sites for hydroxylation is 1. The highest BCUT2D eigenvalue weighted by Crippen LogP contribution is 2.37. The van der Waals surface area contributed by atoms with Crippen LogP contribution in [0.5, 0.6) is 0 Å². The summed E-state index contributed by atoms with van der Waals surface area (Å²) in [6.07, 6.45) is 1.64. The van der Waals surface area contributed by atoms with Gasteiger partial charge in [-0.25, -0.2) is 4.79 Å². The molecule has 0 aromatic heterocycles. The number of nitrogens with one attached hydrogen (secondary N) is 2. The van der Waals surface area contributed by atoms with Crippen LogP contribution in [0.3, 0.4) is 0 Å². The van der Waals surface area contributed by atoms with Crippen molar-refractivity contribution in [3.05, 3.63) is 59.7 Å². The van der Waals surface area contributed by atoms with Crippen molar-refractivity contribution in [2.75, 3.05) is 37.8 Å². The Hall–Kier alpha value is -3.02. The molecule has 2 N–H and O–H groups in total. The van der Waals surface area contributed by atoms with Crippen LogP contribution in [0.4, 0.5) is 16.2 Å². The number of urea groups is 1. The summed E-state index contributed by atoms with van der Waals surface area (Å²) in [6, 6.07) is 16.8. The molecule has 0 atom stereocenters. The molecule has 2 aliphatic heterocycles. The van der Waals surface area contributed by atoms with Gasteiger partial charge in [-0.2, -0.15) is 0 Å². The number of aliphatic imine (C=N–C) groups is 1. The predicted molar refractivity (Wildman–Crippen MR) is 119 cm³/mol. The monoisotopic (exact) mass is 391 g/mol. The maximum atomic E-state index is 12.4. The maximum Gasteiger partial charge on any atom is 0.319 e. The zero-order valence-corrected chi connectivity index (χ0v) is 17.4. The summed E-state index contributed by atoms with van der Waals surface area (Å²) in [5.74, 6) is 0.967. The lowest BCUT2D eigenvalue weighted by Crippen LogP contribution is -2.59. The molecule has 4 rings (SSSR count). The molecule has 1 spiro atoms. The molecule has 152 valence electrons. The van der Waals surface area contributed by atoms with Gasteiger partial charge in [0.2, 0.25) is 0 Å². The minimum atomic E-state index is -0.277. The van der Waals surface area contributed by atoms with Gasteiger partial charge in [-0.3, -0.25) is 4.99 Å². The fraction of sp³-hybridized carbons (Fsp3) is 0.391. The van der Waals surface area contributed by atoms with Gasteiger partial charge in [0.1, 0.15) is 5.84 Å². The average molecular weight is 392 g/mol. The number of fused-ring (bicyclic) bond motifs is 1. The second kappa shape index (κ2) is 7.78. The first kappa shape index (κ1) is 19.3. The molecular weight excluding hydrogens is 362 g/mol. The van der Waals surface area contributed by atoms with E-state index in [1.165, 1.54) is 11.1 Å². The number of carbonyl (C=O) groups excluding carboxylic acids is 1. The number of likely N-dealkylation sites (tertiary alicyclic amines) is 1. The van der Waals surface area contributed by atoms with Crippen LogP contribution in [0, 0.1) is 6.92 Å².